The van der Waals surface area contributed by atoms with Crippen molar-refractivity contribution in [3.05, 3.63) is 45.2 Å². The molecule has 0 aliphatic rings. The monoisotopic (exact) mass is 302 g/mol. The molecule has 3 N–H and O–H groups in total. The maximum absolute atomic E-state index is 12.6. The van der Waals surface area contributed by atoms with Crippen LogP contribution >= 0.6 is 0 Å². The topological polar surface area (TPSA) is 99.3 Å². The molecule has 0 saturated heterocycles. The van der Waals surface area contributed by atoms with Crippen molar-refractivity contribution in [3.8, 4) is 0 Å². The van der Waals surface area contributed by atoms with Crippen molar-refractivity contribution in [2.24, 2.45) is 0 Å². The highest BCUT2D eigenvalue weighted by Crippen LogP contribution is 2.16. The highest BCUT2D eigenvalue weighted by molar-refractivity contribution is 5.84. The summed E-state index contributed by atoms with van der Waals surface area (Å²) in [4.78, 5) is 38.1. The Morgan fingerprint density at radius 2 is 2.00 bits per heavy atom. The summed E-state index contributed by atoms with van der Waals surface area (Å²) in [6, 6.07) is 4.27. The van der Waals surface area contributed by atoms with Gasteiger partial charge in [-0.25, -0.2) is 4.79 Å². The van der Waals surface area contributed by atoms with Crippen LogP contribution in [0.2, 0.25) is 0 Å². The minimum atomic E-state index is -1.17. The van der Waals surface area contributed by atoms with Gasteiger partial charge in [0.1, 0.15) is 6.04 Å². The molecular formula is C16H18N2O4. The number of benzene rings is 1. The number of nitrogens with one attached hydrogen (secondary N) is 2. The van der Waals surface area contributed by atoms with Crippen molar-refractivity contribution in [3.63, 3.8) is 0 Å². The van der Waals surface area contributed by atoms with E-state index < -0.39 is 17.9 Å². The highest BCUT2D eigenvalue weighted by atomic mass is 16.4. The van der Waals surface area contributed by atoms with Crippen LogP contribution in [0.3, 0.4) is 0 Å². The molecule has 6 heteroatoms. The van der Waals surface area contributed by atoms with Crippen LogP contribution in [0, 0.1) is 13.8 Å². The molecule has 1 heterocycles. The molecule has 2 rings (SSSR count). The summed E-state index contributed by atoms with van der Waals surface area (Å²) < 4.78 is 0. The van der Waals surface area contributed by atoms with Gasteiger partial charge in [0.2, 0.25) is 5.91 Å². The normalized spacial score (nSPS) is 12.1. The molecular weight excluding hydrogens is 284 g/mol. The molecule has 0 saturated carbocycles. The Labute approximate surface area is 127 Å². The Morgan fingerprint density at radius 3 is 2.59 bits per heavy atom. The van der Waals surface area contributed by atoms with Gasteiger partial charge in [-0.3, -0.25) is 9.59 Å². The fraction of sp³-hybridized carbons (Fsp3) is 0.312. The molecule has 0 unspecified atom stereocenters. The SMILES string of the molecule is CC(=O)N[C@H](Cc1c(C)[nH]c2c(C)cccc2c1=O)C(=O)O. The van der Waals surface area contributed by atoms with Gasteiger partial charge in [-0.2, -0.15) is 0 Å². The van der Waals surface area contributed by atoms with Gasteiger partial charge < -0.3 is 15.4 Å². The third-order valence-electron chi connectivity index (χ3n) is 3.64. The fourth-order valence-corrected chi connectivity index (χ4v) is 2.51. The first-order valence-corrected chi connectivity index (χ1v) is 6.92. The third-order valence-corrected chi connectivity index (χ3v) is 3.64. The van der Waals surface area contributed by atoms with Gasteiger partial charge in [-0.15, -0.1) is 0 Å². The smallest absolute Gasteiger partial charge is 0.326 e. The number of aliphatic carboxylic acids is 1. The maximum atomic E-state index is 12.6. The molecule has 6 nitrogen and oxygen atoms in total. The largest absolute Gasteiger partial charge is 0.480 e. The van der Waals surface area contributed by atoms with E-state index in [2.05, 4.69) is 10.3 Å². The number of hydrogen-bond donors (Lipinski definition) is 3. The Morgan fingerprint density at radius 1 is 1.32 bits per heavy atom. The van der Waals surface area contributed by atoms with Crippen molar-refractivity contribution in [2.75, 3.05) is 0 Å². The molecule has 1 atom stereocenters. The molecule has 0 radical (unpaired) electrons. The third kappa shape index (κ3) is 3.00. The van der Waals surface area contributed by atoms with Crippen LogP contribution in [0.15, 0.2) is 23.0 Å². The van der Waals surface area contributed by atoms with Crippen LogP contribution in [0.1, 0.15) is 23.7 Å². The number of aromatic amines is 1. The lowest BCUT2D eigenvalue weighted by Crippen LogP contribution is -2.42. The number of carbonyl (C=O) groups excluding carboxylic acids is 1. The van der Waals surface area contributed by atoms with Crippen LogP contribution in [-0.4, -0.2) is 28.0 Å². The minimum Gasteiger partial charge on any atom is -0.480 e. The molecule has 0 aliphatic carbocycles. The van der Waals surface area contributed by atoms with Gasteiger partial charge in [0.15, 0.2) is 5.43 Å². The van der Waals surface area contributed by atoms with Gasteiger partial charge in [-0.1, -0.05) is 12.1 Å². The number of aryl methyl sites for hydroxylation is 2. The Kier molecular flexibility index (Phi) is 4.30. The lowest BCUT2D eigenvalue weighted by Gasteiger charge is -2.15. The highest BCUT2D eigenvalue weighted by Gasteiger charge is 2.22. The van der Waals surface area contributed by atoms with Crippen LogP contribution in [0.25, 0.3) is 10.9 Å². The molecule has 22 heavy (non-hydrogen) atoms. The van der Waals surface area contributed by atoms with Crippen LogP contribution in [-0.2, 0) is 16.0 Å². The number of carbonyl (C=O) groups is 2. The van der Waals surface area contributed by atoms with E-state index in [1.165, 1.54) is 6.92 Å². The number of H-pyrrole nitrogens is 1. The Balaban J connectivity index is 2.54. The molecule has 116 valence electrons. The number of carboxylic acids is 1. The summed E-state index contributed by atoms with van der Waals surface area (Å²) in [5, 5.41) is 12.1. The van der Waals surface area contributed by atoms with Gasteiger partial charge >= 0.3 is 5.97 Å². The summed E-state index contributed by atoms with van der Waals surface area (Å²) in [6.45, 7) is 4.88. The molecule has 2 aromatic rings. The second-order valence-electron chi connectivity index (χ2n) is 5.35. The van der Waals surface area contributed by atoms with Crippen LogP contribution in [0.5, 0.6) is 0 Å². The van der Waals surface area contributed by atoms with Gasteiger partial charge in [0.05, 0.1) is 5.52 Å². The second kappa shape index (κ2) is 6.01. The van der Waals surface area contributed by atoms with Crippen molar-refractivity contribution in [1.29, 1.82) is 0 Å². The Bertz CT molecular complexity index is 808. The van der Waals surface area contributed by atoms with E-state index in [1.807, 2.05) is 13.0 Å². The fourth-order valence-electron chi connectivity index (χ4n) is 2.51. The predicted molar refractivity (Wildman–Crippen MR) is 83.0 cm³/mol. The first kappa shape index (κ1) is 15.8. The zero-order valence-corrected chi connectivity index (χ0v) is 12.7. The van der Waals surface area contributed by atoms with Crippen molar-refractivity contribution in [1.82, 2.24) is 10.3 Å². The molecule has 0 bridgehead atoms. The zero-order valence-electron chi connectivity index (χ0n) is 12.7. The number of pyridine rings is 1. The molecule has 0 aliphatic heterocycles. The predicted octanol–water partition coefficient (Wildman–Crippen LogP) is 1.28. The zero-order chi connectivity index (χ0) is 16.4. The molecule has 0 fully saturated rings. The van der Waals surface area contributed by atoms with Gasteiger partial charge in [0, 0.05) is 30.0 Å². The van der Waals surface area contributed by atoms with E-state index in [-0.39, 0.29) is 11.8 Å². The Hall–Kier alpha value is -2.63. The molecule has 1 aromatic carbocycles. The summed E-state index contributed by atoms with van der Waals surface area (Å²) >= 11 is 0. The van der Waals surface area contributed by atoms with Gasteiger partial charge in [0.25, 0.3) is 0 Å². The number of hydrogen-bond acceptors (Lipinski definition) is 3. The first-order valence-electron chi connectivity index (χ1n) is 6.92. The first-order chi connectivity index (χ1) is 10.3. The van der Waals surface area contributed by atoms with Crippen molar-refractivity contribution in [2.45, 2.75) is 33.2 Å². The number of aromatic nitrogens is 1. The summed E-state index contributed by atoms with van der Waals surface area (Å²) in [6.07, 6.45) is -0.0556. The van der Waals surface area contributed by atoms with E-state index in [4.69, 9.17) is 0 Å². The maximum Gasteiger partial charge on any atom is 0.326 e. The quantitative estimate of drug-likeness (QED) is 0.792. The number of carboxylic acid groups (broad SMARTS) is 1. The van der Waals surface area contributed by atoms with E-state index >= 15 is 0 Å². The van der Waals surface area contributed by atoms with E-state index in [9.17, 15) is 19.5 Å². The lowest BCUT2D eigenvalue weighted by atomic mass is 10.0. The molecule has 1 aromatic heterocycles. The van der Waals surface area contributed by atoms with E-state index in [0.717, 1.165) is 11.1 Å². The van der Waals surface area contributed by atoms with E-state index in [1.54, 1.807) is 19.1 Å². The number of para-hydroxylation sites is 1. The molecule has 0 spiro atoms. The summed E-state index contributed by atoms with van der Waals surface area (Å²) in [5.74, 6) is -1.61. The number of rotatable bonds is 4. The van der Waals surface area contributed by atoms with Crippen molar-refractivity contribution >= 4 is 22.8 Å². The van der Waals surface area contributed by atoms with Gasteiger partial charge in [-0.05, 0) is 25.5 Å². The van der Waals surface area contributed by atoms with Crippen molar-refractivity contribution < 1.29 is 14.7 Å². The number of amides is 1. The standard InChI is InChI=1S/C16H18N2O4/c1-8-5-4-6-11-14(8)17-9(2)12(15(11)20)7-13(16(21)22)18-10(3)19/h4-6,13H,7H2,1-3H3,(H,17,20)(H,18,19)(H,21,22)/t13-/m1/s1. The summed E-state index contributed by atoms with van der Waals surface area (Å²) in [5.41, 5.74) is 2.48. The van der Waals surface area contributed by atoms with Crippen LogP contribution < -0.4 is 10.7 Å². The van der Waals surface area contributed by atoms with E-state index in [0.29, 0.717) is 16.6 Å². The average Bonchev–Trinajstić information content (AvgIpc) is 2.43. The summed E-state index contributed by atoms with van der Waals surface area (Å²) in [7, 11) is 0. The average molecular weight is 302 g/mol. The molecule has 1 amide bonds. The van der Waals surface area contributed by atoms with Crippen LogP contribution in [0.4, 0.5) is 0 Å². The minimum absolute atomic E-state index is 0.0556. The lowest BCUT2D eigenvalue weighted by molar-refractivity contribution is -0.141. The second-order valence-corrected chi connectivity index (χ2v) is 5.35. The number of fused-ring (bicyclic) bond motifs is 1.